The van der Waals surface area contributed by atoms with Gasteiger partial charge >= 0.3 is 0 Å². The average Bonchev–Trinajstić information content (AvgIpc) is 2.62. The molecular weight excluding hydrogens is 372 g/mol. The Balaban J connectivity index is 1.69. The molecule has 1 aliphatic rings. The fourth-order valence-electron chi connectivity index (χ4n) is 2.88. The van der Waals surface area contributed by atoms with Crippen LogP contribution in [-0.2, 0) is 0 Å². The Kier molecular flexibility index (Phi) is 4.59. The molecule has 5 heteroatoms. The van der Waals surface area contributed by atoms with Crippen molar-refractivity contribution in [3.05, 3.63) is 74.2 Å². The van der Waals surface area contributed by atoms with E-state index in [2.05, 4.69) is 12.1 Å². The second-order valence-corrected chi connectivity index (χ2v) is 8.28. The molecule has 0 fully saturated rings. The van der Waals surface area contributed by atoms with Gasteiger partial charge in [-0.1, -0.05) is 47.2 Å². The standard InChI is InChI=1S/C20H15ClO2S2/c1-12-10-14(6-7-16(12)21)23-11-13-8-9-24-19-15-4-2-3-5-17(15)25-20(22)18(13)19/h2-8,10H,9,11H2,1H3. The Labute approximate surface area is 159 Å². The molecule has 3 aromatic rings. The summed E-state index contributed by atoms with van der Waals surface area (Å²) < 4.78 is 7.07. The largest absolute Gasteiger partial charge is 0.489 e. The molecular formula is C20H15ClO2S2. The summed E-state index contributed by atoms with van der Waals surface area (Å²) >= 11 is 9.09. The molecule has 2 heterocycles. The summed E-state index contributed by atoms with van der Waals surface area (Å²) in [6, 6.07) is 13.7. The molecule has 2 aromatic carbocycles. The third-order valence-corrected chi connectivity index (χ3v) is 6.60. The quantitative estimate of drug-likeness (QED) is 0.569. The number of thioether (sulfide) groups is 1. The smallest absolute Gasteiger partial charge is 0.241 e. The van der Waals surface area contributed by atoms with Gasteiger partial charge in [0, 0.05) is 25.8 Å². The molecule has 0 saturated carbocycles. The minimum absolute atomic E-state index is 0.100. The van der Waals surface area contributed by atoms with Gasteiger partial charge in [0.1, 0.15) is 12.4 Å². The molecule has 0 amide bonds. The summed E-state index contributed by atoms with van der Waals surface area (Å²) in [5, 5.41) is 1.88. The van der Waals surface area contributed by atoms with E-state index in [1.165, 1.54) is 11.3 Å². The number of halogens is 1. The van der Waals surface area contributed by atoms with Crippen molar-refractivity contribution in [2.24, 2.45) is 0 Å². The Bertz CT molecular complexity index is 1050. The molecule has 1 aromatic heterocycles. The van der Waals surface area contributed by atoms with Crippen molar-refractivity contribution >= 4 is 50.4 Å². The van der Waals surface area contributed by atoms with Crippen LogP contribution in [-0.4, -0.2) is 12.4 Å². The first kappa shape index (κ1) is 16.7. The molecule has 0 N–H and O–H groups in total. The predicted molar refractivity (Wildman–Crippen MR) is 108 cm³/mol. The number of rotatable bonds is 3. The molecule has 0 saturated heterocycles. The fourth-order valence-corrected chi connectivity index (χ4v) is 5.24. The van der Waals surface area contributed by atoms with Crippen LogP contribution in [0.5, 0.6) is 5.75 Å². The van der Waals surface area contributed by atoms with Crippen molar-refractivity contribution in [3.8, 4) is 5.75 Å². The average molecular weight is 387 g/mol. The van der Waals surface area contributed by atoms with Gasteiger partial charge < -0.3 is 4.74 Å². The highest BCUT2D eigenvalue weighted by molar-refractivity contribution is 7.99. The van der Waals surface area contributed by atoms with E-state index in [4.69, 9.17) is 16.3 Å². The van der Waals surface area contributed by atoms with Gasteiger partial charge in [0.25, 0.3) is 0 Å². The zero-order chi connectivity index (χ0) is 17.4. The van der Waals surface area contributed by atoms with Crippen molar-refractivity contribution in [2.75, 3.05) is 12.4 Å². The van der Waals surface area contributed by atoms with Gasteiger partial charge in [0.15, 0.2) is 0 Å². The molecule has 0 bridgehead atoms. The number of benzene rings is 2. The SMILES string of the molecule is Cc1cc(OCC2=CCSc3c2c(=O)sc2ccccc32)ccc1Cl. The van der Waals surface area contributed by atoms with Crippen molar-refractivity contribution in [1.29, 1.82) is 0 Å². The number of hydrogen-bond acceptors (Lipinski definition) is 4. The highest BCUT2D eigenvalue weighted by atomic mass is 35.5. The van der Waals surface area contributed by atoms with E-state index in [1.807, 2.05) is 43.3 Å². The lowest BCUT2D eigenvalue weighted by Crippen LogP contribution is -2.14. The van der Waals surface area contributed by atoms with E-state index in [9.17, 15) is 4.79 Å². The molecule has 0 unspecified atom stereocenters. The van der Waals surface area contributed by atoms with Crippen LogP contribution in [0.4, 0.5) is 0 Å². The first-order valence-corrected chi connectivity index (χ1v) is 10.1. The lowest BCUT2D eigenvalue weighted by Gasteiger charge is -2.18. The number of hydrogen-bond donors (Lipinski definition) is 0. The van der Waals surface area contributed by atoms with Crippen LogP contribution in [0.25, 0.3) is 15.7 Å². The first-order chi connectivity index (χ1) is 12.1. The topological polar surface area (TPSA) is 26.3 Å². The lowest BCUT2D eigenvalue weighted by atomic mass is 10.1. The molecule has 0 atom stereocenters. The highest BCUT2D eigenvalue weighted by Gasteiger charge is 2.20. The van der Waals surface area contributed by atoms with Crippen molar-refractivity contribution in [1.82, 2.24) is 0 Å². The zero-order valence-corrected chi connectivity index (χ0v) is 15.9. The van der Waals surface area contributed by atoms with Gasteiger partial charge in [0.2, 0.25) is 4.74 Å². The van der Waals surface area contributed by atoms with Gasteiger partial charge in [-0.25, -0.2) is 0 Å². The van der Waals surface area contributed by atoms with Crippen LogP contribution in [0.15, 0.2) is 58.2 Å². The van der Waals surface area contributed by atoms with Crippen molar-refractivity contribution in [3.63, 3.8) is 0 Å². The summed E-state index contributed by atoms with van der Waals surface area (Å²) in [7, 11) is 0. The minimum atomic E-state index is 0.100. The second kappa shape index (κ2) is 6.87. The summed E-state index contributed by atoms with van der Waals surface area (Å²) in [6.45, 7) is 2.33. The summed E-state index contributed by atoms with van der Waals surface area (Å²) in [5.41, 5.74) is 2.74. The monoisotopic (exact) mass is 386 g/mol. The van der Waals surface area contributed by atoms with Crippen LogP contribution in [0.3, 0.4) is 0 Å². The zero-order valence-electron chi connectivity index (χ0n) is 13.5. The van der Waals surface area contributed by atoms with E-state index in [1.54, 1.807) is 11.8 Å². The fraction of sp³-hybridized carbons (Fsp3) is 0.150. The van der Waals surface area contributed by atoms with E-state index < -0.39 is 0 Å². The Morgan fingerprint density at radius 3 is 2.88 bits per heavy atom. The number of aryl methyl sites for hydroxylation is 1. The molecule has 1 aliphatic heterocycles. The normalized spacial score (nSPS) is 13.4. The van der Waals surface area contributed by atoms with Crippen LogP contribution < -0.4 is 9.48 Å². The Morgan fingerprint density at radius 1 is 1.20 bits per heavy atom. The second-order valence-electron chi connectivity index (χ2n) is 5.83. The predicted octanol–water partition coefficient (Wildman–Crippen LogP) is 5.79. The molecule has 126 valence electrons. The Morgan fingerprint density at radius 2 is 2.04 bits per heavy atom. The number of fused-ring (bicyclic) bond motifs is 3. The van der Waals surface area contributed by atoms with Crippen LogP contribution in [0.1, 0.15) is 11.1 Å². The number of ether oxygens (including phenoxy) is 1. The third-order valence-electron chi connectivity index (χ3n) is 4.17. The van der Waals surface area contributed by atoms with Crippen LogP contribution in [0.2, 0.25) is 5.02 Å². The van der Waals surface area contributed by atoms with Gasteiger partial charge in [0.05, 0.1) is 5.56 Å². The lowest BCUT2D eigenvalue weighted by molar-refractivity contribution is 0.369. The molecule has 0 spiro atoms. The van der Waals surface area contributed by atoms with E-state index in [-0.39, 0.29) is 4.74 Å². The highest BCUT2D eigenvalue weighted by Crippen LogP contribution is 2.38. The minimum Gasteiger partial charge on any atom is -0.489 e. The van der Waals surface area contributed by atoms with E-state index >= 15 is 0 Å². The first-order valence-electron chi connectivity index (χ1n) is 7.90. The molecule has 4 rings (SSSR count). The van der Waals surface area contributed by atoms with E-state index in [0.29, 0.717) is 6.61 Å². The van der Waals surface area contributed by atoms with Crippen molar-refractivity contribution in [2.45, 2.75) is 11.8 Å². The van der Waals surface area contributed by atoms with Crippen LogP contribution >= 0.6 is 34.7 Å². The van der Waals surface area contributed by atoms with Crippen molar-refractivity contribution < 1.29 is 4.74 Å². The molecule has 2 nitrogen and oxygen atoms in total. The molecule has 25 heavy (non-hydrogen) atoms. The van der Waals surface area contributed by atoms with Gasteiger partial charge in [-0.2, -0.15) is 0 Å². The van der Waals surface area contributed by atoms with E-state index in [0.717, 1.165) is 48.2 Å². The maximum atomic E-state index is 12.7. The van der Waals surface area contributed by atoms with Crippen LogP contribution in [0, 0.1) is 6.92 Å². The maximum Gasteiger partial charge on any atom is 0.241 e. The summed E-state index contributed by atoms with van der Waals surface area (Å²) in [6.07, 6.45) is 2.10. The van der Waals surface area contributed by atoms with Gasteiger partial charge in [-0.15, -0.1) is 11.8 Å². The summed E-state index contributed by atoms with van der Waals surface area (Å²) in [5.74, 6) is 1.61. The maximum absolute atomic E-state index is 12.7. The molecule has 0 aliphatic carbocycles. The summed E-state index contributed by atoms with van der Waals surface area (Å²) in [4.78, 5) is 13.8. The van der Waals surface area contributed by atoms with Gasteiger partial charge in [-0.3, -0.25) is 4.79 Å². The third kappa shape index (κ3) is 3.22. The van der Waals surface area contributed by atoms with Gasteiger partial charge in [-0.05, 0) is 42.3 Å². The molecule has 0 radical (unpaired) electrons. The Hall–Kier alpha value is -1.75.